The van der Waals surface area contributed by atoms with E-state index in [2.05, 4.69) is 34.3 Å². The van der Waals surface area contributed by atoms with Crippen molar-refractivity contribution in [1.29, 1.82) is 0 Å². The second kappa shape index (κ2) is 9.20. The number of H-pyrrole nitrogens is 1. The number of methoxy groups -OCH3 is 1. The topological polar surface area (TPSA) is 59.2 Å². The first-order chi connectivity index (χ1) is 14.6. The molecule has 0 spiro atoms. The van der Waals surface area contributed by atoms with Gasteiger partial charge >= 0.3 is 0 Å². The zero-order valence-corrected chi connectivity index (χ0v) is 17.8. The molecule has 0 radical (unpaired) electrons. The number of hydrogen-bond acceptors (Lipinski definition) is 4. The number of hydrogen-bond donors (Lipinski definition) is 2. The smallest absolute Gasteiger partial charge is 0.180 e. The van der Waals surface area contributed by atoms with Gasteiger partial charge in [0.1, 0.15) is 12.4 Å². The molecule has 0 aliphatic carbocycles. The molecule has 0 aliphatic heterocycles. The van der Waals surface area contributed by atoms with Gasteiger partial charge in [0.2, 0.25) is 0 Å². The van der Waals surface area contributed by atoms with Crippen LogP contribution in [-0.4, -0.2) is 17.1 Å². The second-order valence-electron chi connectivity index (χ2n) is 7.19. The Morgan fingerprint density at radius 2 is 1.80 bits per heavy atom. The number of nitrogens with zero attached hydrogens (tertiary/aromatic N) is 1. The number of rotatable bonds is 8. The van der Waals surface area contributed by atoms with Crippen LogP contribution in [0, 0.1) is 6.92 Å². The minimum absolute atomic E-state index is 0.431. The van der Waals surface area contributed by atoms with E-state index < -0.39 is 0 Å². The summed E-state index contributed by atoms with van der Waals surface area (Å²) in [5.41, 5.74) is 5.31. The van der Waals surface area contributed by atoms with Gasteiger partial charge in [-0.15, -0.1) is 0 Å². The van der Waals surface area contributed by atoms with Gasteiger partial charge in [-0.2, -0.15) is 0 Å². The number of fused-ring (bicyclic) bond motifs is 1. The highest BCUT2D eigenvalue weighted by Gasteiger charge is 2.13. The molecule has 4 aromatic rings. The third-order valence-corrected chi connectivity index (χ3v) is 5.13. The Morgan fingerprint density at radius 1 is 1.00 bits per heavy atom. The van der Waals surface area contributed by atoms with E-state index in [0.29, 0.717) is 36.2 Å². The molecule has 0 atom stereocenters. The van der Waals surface area contributed by atoms with Crippen LogP contribution in [0.25, 0.3) is 11.0 Å². The predicted octanol–water partition coefficient (Wildman–Crippen LogP) is 5.40. The maximum absolute atomic E-state index is 6.50. The Bertz CT molecular complexity index is 1110. The summed E-state index contributed by atoms with van der Waals surface area (Å²) in [5.74, 6) is 2.07. The average molecular weight is 422 g/mol. The molecule has 0 unspecified atom stereocenters. The highest BCUT2D eigenvalue weighted by atomic mass is 35.5. The van der Waals surface area contributed by atoms with E-state index in [1.807, 2.05) is 48.5 Å². The van der Waals surface area contributed by atoms with E-state index in [1.165, 1.54) is 5.56 Å². The number of nitrogens with one attached hydrogen (secondary N) is 2. The Morgan fingerprint density at radius 3 is 2.57 bits per heavy atom. The number of aromatic nitrogens is 2. The van der Waals surface area contributed by atoms with E-state index in [1.54, 1.807) is 7.11 Å². The third kappa shape index (κ3) is 4.75. The van der Waals surface area contributed by atoms with Crippen molar-refractivity contribution in [3.63, 3.8) is 0 Å². The Hall–Kier alpha value is -3.02. The molecule has 0 saturated carbocycles. The van der Waals surface area contributed by atoms with Crippen molar-refractivity contribution < 1.29 is 9.47 Å². The highest BCUT2D eigenvalue weighted by molar-refractivity contribution is 6.32. The van der Waals surface area contributed by atoms with E-state index in [-0.39, 0.29) is 0 Å². The summed E-state index contributed by atoms with van der Waals surface area (Å²) in [4.78, 5) is 7.90. The quantitative estimate of drug-likeness (QED) is 0.399. The van der Waals surface area contributed by atoms with Crippen LogP contribution in [0.4, 0.5) is 0 Å². The van der Waals surface area contributed by atoms with Gasteiger partial charge in [0, 0.05) is 6.54 Å². The largest absolute Gasteiger partial charge is 0.493 e. The number of halogens is 1. The van der Waals surface area contributed by atoms with Crippen LogP contribution < -0.4 is 14.8 Å². The van der Waals surface area contributed by atoms with Gasteiger partial charge < -0.3 is 19.8 Å². The average Bonchev–Trinajstić information content (AvgIpc) is 3.16. The van der Waals surface area contributed by atoms with Crippen LogP contribution in [0.15, 0.2) is 60.7 Å². The maximum atomic E-state index is 6.50. The number of aryl methyl sites for hydroxylation is 1. The minimum atomic E-state index is 0.431. The van der Waals surface area contributed by atoms with E-state index in [0.717, 1.165) is 28.0 Å². The Labute approximate surface area is 181 Å². The standard InChI is InChI=1S/C24H24ClN3O2/c1-16-7-9-17(10-8-16)15-30-24-19(25)11-18(12-22(24)29-2)13-26-14-23-27-20-5-3-4-6-21(20)28-23/h3-12,26H,13-15H2,1-2H3,(H,27,28). The fraction of sp³-hybridized carbons (Fsp3) is 0.208. The number of para-hydroxylation sites is 2. The fourth-order valence-corrected chi connectivity index (χ4v) is 3.56. The number of imidazole rings is 1. The molecule has 1 heterocycles. The van der Waals surface area contributed by atoms with Gasteiger partial charge in [-0.3, -0.25) is 0 Å². The Balaban J connectivity index is 1.40. The zero-order valence-electron chi connectivity index (χ0n) is 17.0. The molecule has 0 saturated heterocycles. The fourth-order valence-electron chi connectivity index (χ4n) is 3.27. The normalized spacial score (nSPS) is 11.0. The van der Waals surface area contributed by atoms with Gasteiger partial charge in [-0.1, -0.05) is 53.6 Å². The molecule has 0 fully saturated rings. The molecule has 1 aromatic heterocycles. The lowest BCUT2D eigenvalue weighted by molar-refractivity contribution is 0.284. The highest BCUT2D eigenvalue weighted by Crippen LogP contribution is 2.37. The molecule has 0 bridgehead atoms. The van der Waals surface area contributed by atoms with E-state index in [4.69, 9.17) is 21.1 Å². The first-order valence-corrected chi connectivity index (χ1v) is 10.2. The third-order valence-electron chi connectivity index (χ3n) is 4.85. The lowest BCUT2D eigenvalue weighted by Crippen LogP contribution is -2.14. The van der Waals surface area contributed by atoms with E-state index in [9.17, 15) is 0 Å². The summed E-state index contributed by atoms with van der Waals surface area (Å²) < 4.78 is 11.5. The summed E-state index contributed by atoms with van der Waals surface area (Å²) in [6.07, 6.45) is 0. The molecule has 154 valence electrons. The first kappa shape index (κ1) is 20.3. The van der Waals surface area contributed by atoms with Gasteiger partial charge in [-0.05, 0) is 42.3 Å². The van der Waals surface area contributed by atoms with Crippen molar-refractivity contribution in [2.45, 2.75) is 26.6 Å². The van der Waals surface area contributed by atoms with Crippen molar-refractivity contribution in [3.05, 3.63) is 88.2 Å². The monoisotopic (exact) mass is 421 g/mol. The second-order valence-corrected chi connectivity index (χ2v) is 7.59. The lowest BCUT2D eigenvalue weighted by atomic mass is 10.1. The lowest BCUT2D eigenvalue weighted by Gasteiger charge is -2.14. The van der Waals surface area contributed by atoms with Gasteiger partial charge in [0.15, 0.2) is 11.5 Å². The van der Waals surface area contributed by atoms with Gasteiger partial charge in [-0.25, -0.2) is 4.98 Å². The Kier molecular flexibility index (Phi) is 6.21. The summed E-state index contributed by atoms with van der Waals surface area (Å²) in [6.45, 7) is 3.75. The molecular formula is C24H24ClN3O2. The molecule has 2 N–H and O–H groups in total. The van der Waals surface area contributed by atoms with Crippen LogP contribution in [0.5, 0.6) is 11.5 Å². The molecular weight excluding hydrogens is 398 g/mol. The van der Waals surface area contributed by atoms with Crippen LogP contribution in [-0.2, 0) is 19.7 Å². The summed E-state index contributed by atoms with van der Waals surface area (Å²) >= 11 is 6.50. The maximum Gasteiger partial charge on any atom is 0.180 e. The molecule has 4 rings (SSSR count). The molecule has 0 amide bonds. The van der Waals surface area contributed by atoms with Crippen LogP contribution >= 0.6 is 11.6 Å². The number of ether oxygens (including phenoxy) is 2. The molecule has 6 heteroatoms. The van der Waals surface area contributed by atoms with Crippen molar-refractivity contribution in [2.75, 3.05) is 7.11 Å². The van der Waals surface area contributed by atoms with Gasteiger partial charge in [0.25, 0.3) is 0 Å². The molecule has 5 nitrogen and oxygen atoms in total. The van der Waals surface area contributed by atoms with Crippen molar-refractivity contribution in [2.24, 2.45) is 0 Å². The molecule has 0 aliphatic rings. The van der Waals surface area contributed by atoms with Crippen LogP contribution in [0.3, 0.4) is 0 Å². The zero-order chi connectivity index (χ0) is 20.9. The minimum Gasteiger partial charge on any atom is -0.493 e. The summed E-state index contributed by atoms with van der Waals surface area (Å²) in [5, 5.41) is 3.92. The van der Waals surface area contributed by atoms with Crippen molar-refractivity contribution >= 4 is 22.6 Å². The van der Waals surface area contributed by atoms with Gasteiger partial charge in [0.05, 0.1) is 29.7 Å². The SMILES string of the molecule is COc1cc(CNCc2nc3ccccc3[nH]2)cc(Cl)c1OCc1ccc(C)cc1. The van der Waals surface area contributed by atoms with Crippen molar-refractivity contribution in [3.8, 4) is 11.5 Å². The van der Waals surface area contributed by atoms with E-state index >= 15 is 0 Å². The van der Waals surface area contributed by atoms with Crippen LogP contribution in [0.2, 0.25) is 5.02 Å². The molecule has 30 heavy (non-hydrogen) atoms. The van der Waals surface area contributed by atoms with Crippen LogP contribution in [0.1, 0.15) is 22.5 Å². The summed E-state index contributed by atoms with van der Waals surface area (Å²) in [7, 11) is 1.62. The van der Waals surface area contributed by atoms with Crippen molar-refractivity contribution in [1.82, 2.24) is 15.3 Å². The predicted molar refractivity (Wildman–Crippen MR) is 120 cm³/mol. The first-order valence-electron chi connectivity index (χ1n) is 9.81. The summed E-state index contributed by atoms with van der Waals surface area (Å²) in [6, 6.07) is 20.1. The number of aromatic amines is 1. The number of benzene rings is 3. The molecule has 3 aromatic carbocycles.